The maximum absolute atomic E-state index is 12.7. The van der Waals surface area contributed by atoms with E-state index in [1.54, 1.807) is 6.07 Å². The molecule has 26 heavy (non-hydrogen) atoms. The van der Waals surface area contributed by atoms with E-state index < -0.39 is 6.04 Å². The fourth-order valence-electron chi connectivity index (χ4n) is 3.46. The van der Waals surface area contributed by atoms with Gasteiger partial charge in [-0.1, -0.05) is 12.1 Å². The second-order valence-electron chi connectivity index (χ2n) is 6.98. The topological polar surface area (TPSA) is 90.5 Å². The number of imide groups is 1. The van der Waals surface area contributed by atoms with Crippen molar-refractivity contribution in [3.05, 3.63) is 29.8 Å². The van der Waals surface area contributed by atoms with E-state index in [-0.39, 0.29) is 24.1 Å². The van der Waals surface area contributed by atoms with E-state index >= 15 is 0 Å². The van der Waals surface area contributed by atoms with E-state index in [2.05, 4.69) is 16.0 Å². The monoisotopic (exact) mass is 358 g/mol. The van der Waals surface area contributed by atoms with Crippen molar-refractivity contribution in [2.45, 2.75) is 31.7 Å². The van der Waals surface area contributed by atoms with Gasteiger partial charge in [-0.2, -0.15) is 0 Å². The first kappa shape index (κ1) is 18.4. The van der Waals surface area contributed by atoms with Crippen molar-refractivity contribution < 1.29 is 14.4 Å². The second kappa shape index (κ2) is 8.31. The molecule has 1 aromatic rings. The number of hydrogen-bond donors (Lipinski definition) is 3. The number of rotatable bonds is 5. The molecule has 3 rings (SSSR count). The molecule has 2 aliphatic rings. The number of likely N-dealkylation sites (tertiary alicyclic amines) is 1. The SMILES string of the molecule is CN1C(=O)CCC(NC(=O)c2ccccc2NCC2CCNCC2)C1=O. The lowest BCUT2D eigenvalue weighted by Gasteiger charge is -2.28. The van der Waals surface area contributed by atoms with Gasteiger partial charge in [0.1, 0.15) is 6.04 Å². The Kier molecular flexibility index (Phi) is 5.88. The Hall–Kier alpha value is -2.41. The van der Waals surface area contributed by atoms with Crippen LogP contribution in [0, 0.1) is 5.92 Å². The third-order valence-electron chi connectivity index (χ3n) is 5.17. The molecule has 0 aromatic heterocycles. The molecule has 140 valence electrons. The Balaban J connectivity index is 1.63. The first-order valence-electron chi connectivity index (χ1n) is 9.21. The molecule has 2 saturated heterocycles. The molecule has 3 N–H and O–H groups in total. The van der Waals surface area contributed by atoms with E-state index in [0.717, 1.165) is 43.1 Å². The van der Waals surface area contributed by atoms with Crippen LogP contribution in [0.3, 0.4) is 0 Å². The summed E-state index contributed by atoms with van der Waals surface area (Å²) in [4.78, 5) is 37.6. The summed E-state index contributed by atoms with van der Waals surface area (Å²) in [5, 5.41) is 9.52. The third-order valence-corrected chi connectivity index (χ3v) is 5.17. The van der Waals surface area contributed by atoms with Crippen LogP contribution in [0.25, 0.3) is 0 Å². The van der Waals surface area contributed by atoms with Crippen LogP contribution in [0.2, 0.25) is 0 Å². The van der Waals surface area contributed by atoms with Gasteiger partial charge in [0.15, 0.2) is 0 Å². The lowest BCUT2D eigenvalue weighted by Crippen LogP contribution is -2.53. The fraction of sp³-hybridized carbons (Fsp3) is 0.526. The van der Waals surface area contributed by atoms with Crippen LogP contribution in [0.15, 0.2) is 24.3 Å². The van der Waals surface area contributed by atoms with Crippen molar-refractivity contribution in [2.24, 2.45) is 5.92 Å². The first-order chi connectivity index (χ1) is 12.6. The van der Waals surface area contributed by atoms with Crippen LogP contribution in [0.1, 0.15) is 36.0 Å². The van der Waals surface area contributed by atoms with Crippen LogP contribution in [-0.4, -0.2) is 55.3 Å². The van der Waals surface area contributed by atoms with Gasteiger partial charge in [0.05, 0.1) is 5.56 Å². The number of likely N-dealkylation sites (N-methyl/N-ethyl adjacent to an activating group) is 1. The largest absolute Gasteiger partial charge is 0.384 e. The molecule has 0 saturated carbocycles. The van der Waals surface area contributed by atoms with Gasteiger partial charge in [-0.15, -0.1) is 0 Å². The predicted octanol–water partition coefficient (Wildman–Crippen LogP) is 0.975. The second-order valence-corrected chi connectivity index (χ2v) is 6.98. The minimum Gasteiger partial charge on any atom is -0.384 e. The molecule has 2 heterocycles. The van der Waals surface area contributed by atoms with E-state index in [0.29, 0.717) is 17.9 Å². The smallest absolute Gasteiger partial charge is 0.254 e. The number of nitrogens with zero attached hydrogens (tertiary/aromatic N) is 1. The van der Waals surface area contributed by atoms with E-state index in [1.165, 1.54) is 7.05 Å². The van der Waals surface area contributed by atoms with Crippen LogP contribution >= 0.6 is 0 Å². The highest BCUT2D eigenvalue weighted by Gasteiger charge is 2.33. The normalized spacial score (nSPS) is 21.6. The molecule has 0 radical (unpaired) electrons. The molecule has 0 bridgehead atoms. The van der Waals surface area contributed by atoms with Crippen LogP contribution in [-0.2, 0) is 9.59 Å². The fourth-order valence-corrected chi connectivity index (χ4v) is 3.46. The molecule has 3 amide bonds. The number of para-hydroxylation sites is 1. The molecule has 7 nitrogen and oxygen atoms in total. The average Bonchev–Trinajstić information content (AvgIpc) is 2.68. The molecule has 2 fully saturated rings. The maximum Gasteiger partial charge on any atom is 0.254 e. The number of anilines is 1. The van der Waals surface area contributed by atoms with Crippen molar-refractivity contribution in [1.29, 1.82) is 0 Å². The molecular formula is C19H26N4O3. The van der Waals surface area contributed by atoms with E-state index in [9.17, 15) is 14.4 Å². The van der Waals surface area contributed by atoms with Crippen molar-refractivity contribution in [1.82, 2.24) is 15.5 Å². The molecule has 0 aliphatic carbocycles. The molecular weight excluding hydrogens is 332 g/mol. The Morgan fingerprint density at radius 3 is 2.69 bits per heavy atom. The van der Waals surface area contributed by atoms with Crippen LogP contribution in [0.4, 0.5) is 5.69 Å². The number of amides is 3. The summed E-state index contributed by atoms with van der Waals surface area (Å²) in [5.41, 5.74) is 1.30. The van der Waals surface area contributed by atoms with Gasteiger partial charge in [0.25, 0.3) is 11.8 Å². The van der Waals surface area contributed by atoms with Gasteiger partial charge in [-0.3, -0.25) is 19.3 Å². The Labute approximate surface area is 153 Å². The highest BCUT2D eigenvalue weighted by molar-refractivity contribution is 6.05. The number of carbonyl (C=O) groups excluding carboxylic acids is 3. The number of hydrogen-bond acceptors (Lipinski definition) is 5. The highest BCUT2D eigenvalue weighted by atomic mass is 16.2. The summed E-state index contributed by atoms with van der Waals surface area (Å²) in [7, 11) is 1.46. The lowest BCUT2D eigenvalue weighted by atomic mass is 9.98. The summed E-state index contributed by atoms with van der Waals surface area (Å²) < 4.78 is 0. The van der Waals surface area contributed by atoms with Gasteiger partial charge in [-0.25, -0.2) is 0 Å². The van der Waals surface area contributed by atoms with Crippen molar-refractivity contribution in [3.8, 4) is 0 Å². The number of nitrogens with one attached hydrogen (secondary N) is 3. The molecule has 2 aliphatic heterocycles. The predicted molar refractivity (Wildman–Crippen MR) is 98.8 cm³/mol. The Bertz CT molecular complexity index is 685. The lowest BCUT2D eigenvalue weighted by molar-refractivity contribution is -0.147. The van der Waals surface area contributed by atoms with Gasteiger partial charge in [-0.05, 0) is 50.4 Å². The summed E-state index contributed by atoms with van der Waals surface area (Å²) in [6.07, 6.45) is 2.86. The standard InChI is InChI=1S/C19H26N4O3/c1-23-17(24)7-6-16(19(23)26)22-18(25)14-4-2-3-5-15(14)21-12-13-8-10-20-11-9-13/h2-5,13,16,20-21H,6-12H2,1H3,(H,22,25). The van der Waals surface area contributed by atoms with Crippen molar-refractivity contribution >= 4 is 23.4 Å². The Morgan fingerprint density at radius 1 is 1.19 bits per heavy atom. The summed E-state index contributed by atoms with van der Waals surface area (Å²) in [5.74, 6) is -0.259. The average molecular weight is 358 g/mol. The van der Waals surface area contributed by atoms with Gasteiger partial charge >= 0.3 is 0 Å². The van der Waals surface area contributed by atoms with Gasteiger partial charge in [0.2, 0.25) is 5.91 Å². The highest BCUT2D eigenvalue weighted by Crippen LogP contribution is 2.19. The van der Waals surface area contributed by atoms with Crippen LogP contribution in [0.5, 0.6) is 0 Å². The van der Waals surface area contributed by atoms with E-state index in [1.807, 2.05) is 18.2 Å². The molecule has 0 spiro atoms. The zero-order valence-electron chi connectivity index (χ0n) is 15.1. The maximum atomic E-state index is 12.7. The molecule has 7 heteroatoms. The van der Waals surface area contributed by atoms with Gasteiger partial charge < -0.3 is 16.0 Å². The molecule has 1 aromatic carbocycles. The molecule has 1 unspecified atom stereocenters. The van der Waals surface area contributed by atoms with E-state index in [4.69, 9.17) is 0 Å². The zero-order valence-corrected chi connectivity index (χ0v) is 15.1. The first-order valence-corrected chi connectivity index (χ1v) is 9.21. The Morgan fingerprint density at radius 2 is 1.92 bits per heavy atom. The number of carbonyl (C=O) groups is 3. The third kappa shape index (κ3) is 4.22. The van der Waals surface area contributed by atoms with Crippen molar-refractivity contribution in [3.63, 3.8) is 0 Å². The minimum absolute atomic E-state index is 0.204. The summed E-state index contributed by atoms with van der Waals surface area (Å²) in [6.45, 7) is 2.89. The number of benzene rings is 1. The summed E-state index contributed by atoms with van der Waals surface area (Å²) in [6, 6.07) is 6.68. The number of piperidine rings is 2. The summed E-state index contributed by atoms with van der Waals surface area (Å²) >= 11 is 0. The minimum atomic E-state index is -0.650. The molecule has 1 atom stereocenters. The quantitative estimate of drug-likeness (QED) is 0.683. The van der Waals surface area contributed by atoms with Gasteiger partial charge in [0, 0.05) is 25.7 Å². The van der Waals surface area contributed by atoms with Crippen LogP contribution < -0.4 is 16.0 Å². The zero-order chi connectivity index (χ0) is 18.5. The van der Waals surface area contributed by atoms with Crippen molar-refractivity contribution in [2.75, 3.05) is 32.0 Å².